The molecule has 1 aliphatic carbocycles. The van der Waals surface area contributed by atoms with Gasteiger partial charge in [0.15, 0.2) is 0 Å². The lowest BCUT2D eigenvalue weighted by molar-refractivity contribution is -0.0523. The summed E-state index contributed by atoms with van der Waals surface area (Å²) in [6.45, 7) is 3.03. The molecule has 0 amide bonds. The summed E-state index contributed by atoms with van der Waals surface area (Å²) < 4.78 is 19.5. The van der Waals surface area contributed by atoms with E-state index in [9.17, 15) is 4.39 Å². The van der Waals surface area contributed by atoms with Crippen LogP contribution in [0, 0.1) is 5.82 Å². The second-order valence-electron chi connectivity index (χ2n) is 6.13. The minimum Gasteiger partial charge on any atom is -0.377 e. The Hall–Kier alpha value is -0.930. The Morgan fingerprint density at radius 2 is 1.95 bits per heavy atom. The number of benzene rings is 1. The van der Waals surface area contributed by atoms with E-state index in [1.165, 1.54) is 31.7 Å². The van der Waals surface area contributed by atoms with E-state index in [0.717, 1.165) is 31.4 Å². The van der Waals surface area contributed by atoms with Crippen LogP contribution in [0.3, 0.4) is 0 Å². The molecule has 0 bridgehead atoms. The van der Waals surface area contributed by atoms with Crippen molar-refractivity contribution in [2.45, 2.75) is 63.5 Å². The van der Waals surface area contributed by atoms with E-state index in [4.69, 9.17) is 4.74 Å². The normalized spacial score (nSPS) is 20.0. The first-order chi connectivity index (χ1) is 10.2. The molecule has 0 spiro atoms. The van der Waals surface area contributed by atoms with Crippen LogP contribution in [0.5, 0.6) is 0 Å². The first-order valence-electron chi connectivity index (χ1n) is 8.23. The highest BCUT2D eigenvalue weighted by atomic mass is 19.1. The fourth-order valence-electron chi connectivity index (χ4n) is 3.61. The third-order valence-electron chi connectivity index (χ3n) is 4.77. The van der Waals surface area contributed by atoms with Crippen LogP contribution in [0.25, 0.3) is 0 Å². The van der Waals surface area contributed by atoms with E-state index < -0.39 is 0 Å². The third kappa shape index (κ3) is 4.27. The zero-order valence-corrected chi connectivity index (χ0v) is 13.3. The third-order valence-corrected chi connectivity index (χ3v) is 4.77. The van der Waals surface area contributed by atoms with Gasteiger partial charge in [-0.2, -0.15) is 0 Å². The molecular formula is C18H28FNO. The topological polar surface area (TPSA) is 21.3 Å². The zero-order chi connectivity index (χ0) is 15.1. The molecular weight excluding hydrogens is 265 g/mol. The number of likely N-dealkylation sites (N-methyl/N-ethyl adjacent to an activating group) is 1. The Morgan fingerprint density at radius 1 is 1.24 bits per heavy atom. The molecule has 2 rings (SSSR count). The summed E-state index contributed by atoms with van der Waals surface area (Å²) in [4.78, 5) is 0. The summed E-state index contributed by atoms with van der Waals surface area (Å²) in [5.74, 6) is -0.157. The van der Waals surface area contributed by atoms with Crippen molar-refractivity contribution >= 4 is 0 Å². The number of hydrogen-bond donors (Lipinski definition) is 1. The smallest absolute Gasteiger partial charge is 0.123 e. The highest BCUT2D eigenvalue weighted by Crippen LogP contribution is 2.34. The number of nitrogens with one attached hydrogen (secondary N) is 1. The molecule has 1 fully saturated rings. The summed E-state index contributed by atoms with van der Waals surface area (Å²) in [6, 6.07) is 7.19. The van der Waals surface area contributed by atoms with Gasteiger partial charge in [0.05, 0.1) is 5.60 Å². The van der Waals surface area contributed by atoms with Crippen molar-refractivity contribution in [3.63, 3.8) is 0 Å². The van der Waals surface area contributed by atoms with Crippen LogP contribution in [-0.4, -0.2) is 25.3 Å². The maximum Gasteiger partial charge on any atom is 0.123 e. The number of hydrogen-bond acceptors (Lipinski definition) is 2. The molecule has 21 heavy (non-hydrogen) atoms. The molecule has 1 atom stereocenters. The Morgan fingerprint density at radius 3 is 2.52 bits per heavy atom. The van der Waals surface area contributed by atoms with Crippen molar-refractivity contribution in [1.82, 2.24) is 5.32 Å². The van der Waals surface area contributed by atoms with Crippen LogP contribution >= 0.6 is 0 Å². The summed E-state index contributed by atoms with van der Waals surface area (Å²) in [5.41, 5.74) is 0.931. The number of methoxy groups -OCH3 is 1. The van der Waals surface area contributed by atoms with Crippen molar-refractivity contribution < 1.29 is 9.13 Å². The van der Waals surface area contributed by atoms with E-state index in [2.05, 4.69) is 12.2 Å². The fraction of sp³-hybridized carbons (Fsp3) is 0.667. The van der Waals surface area contributed by atoms with Gasteiger partial charge < -0.3 is 10.1 Å². The molecule has 3 heteroatoms. The van der Waals surface area contributed by atoms with E-state index in [1.54, 1.807) is 12.1 Å². The predicted molar refractivity (Wildman–Crippen MR) is 85.0 cm³/mol. The van der Waals surface area contributed by atoms with Gasteiger partial charge in [-0.3, -0.25) is 0 Å². The van der Waals surface area contributed by atoms with Gasteiger partial charge in [-0.1, -0.05) is 44.7 Å². The average Bonchev–Trinajstić information content (AvgIpc) is 2.73. The lowest BCUT2D eigenvalue weighted by atomic mass is 9.82. The van der Waals surface area contributed by atoms with E-state index in [-0.39, 0.29) is 17.5 Å². The number of ether oxygens (including phenoxy) is 1. The van der Waals surface area contributed by atoms with E-state index in [1.807, 2.05) is 13.2 Å². The molecule has 1 aromatic carbocycles. The van der Waals surface area contributed by atoms with Crippen molar-refractivity contribution in [2.75, 3.05) is 13.7 Å². The average molecular weight is 293 g/mol. The van der Waals surface area contributed by atoms with Gasteiger partial charge in [0, 0.05) is 13.2 Å². The van der Waals surface area contributed by atoms with Crippen molar-refractivity contribution in [2.24, 2.45) is 0 Å². The molecule has 1 aromatic rings. The first kappa shape index (κ1) is 16.4. The molecule has 2 nitrogen and oxygen atoms in total. The monoisotopic (exact) mass is 293 g/mol. The van der Waals surface area contributed by atoms with Crippen LogP contribution in [-0.2, 0) is 11.2 Å². The van der Waals surface area contributed by atoms with Crippen molar-refractivity contribution in [1.29, 1.82) is 0 Å². The molecule has 1 aliphatic rings. The van der Waals surface area contributed by atoms with Gasteiger partial charge in [-0.05, 0) is 43.5 Å². The van der Waals surface area contributed by atoms with Gasteiger partial charge in [-0.25, -0.2) is 4.39 Å². The fourth-order valence-corrected chi connectivity index (χ4v) is 3.61. The Balaban J connectivity index is 2.18. The van der Waals surface area contributed by atoms with Gasteiger partial charge in [0.25, 0.3) is 0 Å². The standard InChI is InChI=1S/C18H28FNO/c1-3-20-17(14-15-9-8-10-16(19)13-15)18(21-2)11-6-4-5-7-12-18/h8-10,13,17,20H,3-7,11-12,14H2,1-2H3. The van der Waals surface area contributed by atoms with Gasteiger partial charge in [-0.15, -0.1) is 0 Å². The lowest BCUT2D eigenvalue weighted by Gasteiger charge is -2.40. The van der Waals surface area contributed by atoms with Crippen LogP contribution in [0.1, 0.15) is 51.0 Å². The summed E-state index contributed by atoms with van der Waals surface area (Å²) in [6.07, 6.45) is 8.04. The summed E-state index contributed by atoms with van der Waals surface area (Å²) in [5, 5.41) is 3.59. The molecule has 118 valence electrons. The van der Waals surface area contributed by atoms with E-state index >= 15 is 0 Å². The maximum atomic E-state index is 13.4. The quantitative estimate of drug-likeness (QED) is 0.798. The van der Waals surface area contributed by atoms with Crippen LogP contribution < -0.4 is 5.32 Å². The Labute approximate surface area is 128 Å². The van der Waals surface area contributed by atoms with Gasteiger partial charge in [0.2, 0.25) is 0 Å². The Kier molecular flexibility index (Phi) is 6.19. The second kappa shape index (κ2) is 7.90. The highest BCUT2D eigenvalue weighted by molar-refractivity contribution is 5.19. The van der Waals surface area contributed by atoms with E-state index in [0.29, 0.717) is 0 Å². The van der Waals surface area contributed by atoms with Gasteiger partial charge >= 0.3 is 0 Å². The molecule has 1 N–H and O–H groups in total. The summed E-state index contributed by atoms with van der Waals surface area (Å²) in [7, 11) is 1.83. The largest absolute Gasteiger partial charge is 0.377 e. The molecule has 0 saturated heterocycles. The minimum atomic E-state index is -0.157. The molecule has 0 aliphatic heterocycles. The highest BCUT2D eigenvalue weighted by Gasteiger charge is 2.38. The molecule has 0 aromatic heterocycles. The zero-order valence-electron chi connectivity index (χ0n) is 13.3. The molecule has 0 radical (unpaired) electrons. The first-order valence-corrected chi connectivity index (χ1v) is 8.23. The molecule has 1 saturated carbocycles. The Bertz CT molecular complexity index is 427. The summed E-state index contributed by atoms with van der Waals surface area (Å²) >= 11 is 0. The van der Waals surface area contributed by atoms with Crippen molar-refractivity contribution in [3.05, 3.63) is 35.6 Å². The maximum absolute atomic E-state index is 13.4. The number of rotatable bonds is 6. The van der Waals surface area contributed by atoms with Crippen molar-refractivity contribution in [3.8, 4) is 0 Å². The molecule has 0 heterocycles. The SMILES string of the molecule is CCNC(Cc1cccc(F)c1)C1(OC)CCCCCC1. The van der Waals surface area contributed by atoms with Gasteiger partial charge in [0.1, 0.15) is 5.82 Å². The minimum absolute atomic E-state index is 0.112. The second-order valence-corrected chi connectivity index (χ2v) is 6.13. The van der Waals surface area contributed by atoms with Crippen LogP contribution in [0.4, 0.5) is 4.39 Å². The predicted octanol–water partition coefficient (Wildman–Crippen LogP) is 4.09. The number of halogens is 1. The lowest BCUT2D eigenvalue weighted by Crippen LogP contribution is -2.53. The molecule has 1 unspecified atom stereocenters. The van der Waals surface area contributed by atoms with Crippen LogP contribution in [0.2, 0.25) is 0 Å². The van der Waals surface area contributed by atoms with Crippen LogP contribution in [0.15, 0.2) is 24.3 Å².